The molecule has 3 N–H and O–H groups in total. The summed E-state index contributed by atoms with van der Waals surface area (Å²) in [7, 11) is 0. The summed E-state index contributed by atoms with van der Waals surface area (Å²) in [6, 6.07) is 7.10. The Kier molecular flexibility index (Phi) is 4.69. The van der Waals surface area contributed by atoms with Crippen LogP contribution >= 0.6 is 0 Å². The van der Waals surface area contributed by atoms with E-state index in [0.717, 1.165) is 25.1 Å². The Hall–Kier alpha value is -2.57. The number of nitrogens with zero attached hydrogens (tertiary/aromatic N) is 1. The number of anilines is 1. The van der Waals surface area contributed by atoms with Crippen molar-refractivity contribution in [1.29, 1.82) is 0 Å². The summed E-state index contributed by atoms with van der Waals surface area (Å²) in [6.45, 7) is 1.84. The summed E-state index contributed by atoms with van der Waals surface area (Å²) < 4.78 is 5.30. The topological polar surface area (TPSA) is 102 Å². The maximum absolute atomic E-state index is 12.1. The van der Waals surface area contributed by atoms with Gasteiger partial charge in [-0.25, -0.2) is 4.79 Å². The van der Waals surface area contributed by atoms with E-state index < -0.39 is 12.1 Å². The highest BCUT2D eigenvalue weighted by Gasteiger charge is 2.26. The van der Waals surface area contributed by atoms with Gasteiger partial charge in [0.1, 0.15) is 6.10 Å². The lowest BCUT2D eigenvalue weighted by Gasteiger charge is -2.33. The number of hydrogen-bond donors (Lipinski definition) is 2. The fourth-order valence-corrected chi connectivity index (χ4v) is 3.13. The minimum Gasteiger partial charge on any atom is -0.456 e. The molecule has 2 saturated heterocycles. The van der Waals surface area contributed by atoms with Gasteiger partial charge in [-0.2, -0.15) is 0 Å². The lowest BCUT2D eigenvalue weighted by molar-refractivity contribution is -0.122. The van der Waals surface area contributed by atoms with Crippen LogP contribution in [0.5, 0.6) is 0 Å². The van der Waals surface area contributed by atoms with Crippen molar-refractivity contribution >= 4 is 23.5 Å². The molecule has 24 heavy (non-hydrogen) atoms. The first-order chi connectivity index (χ1) is 11.5. The molecule has 0 bridgehead atoms. The molecule has 128 valence electrons. The van der Waals surface area contributed by atoms with E-state index >= 15 is 0 Å². The number of carbonyl (C=O) groups is 3. The SMILES string of the molecule is NC(=O)[C@H]1CCCN(c2ccc(C(=O)O[C@H]3CNC(=O)C3)cc2)C1. The number of benzene rings is 1. The molecule has 0 spiro atoms. The molecule has 2 heterocycles. The van der Waals surface area contributed by atoms with Crippen LogP contribution in [0.4, 0.5) is 5.69 Å². The van der Waals surface area contributed by atoms with Gasteiger partial charge in [-0.3, -0.25) is 9.59 Å². The molecular formula is C17H21N3O4. The molecule has 1 aromatic carbocycles. The van der Waals surface area contributed by atoms with E-state index in [4.69, 9.17) is 10.5 Å². The molecule has 0 unspecified atom stereocenters. The second-order valence-corrected chi connectivity index (χ2v) is 6.27. The van der Waals surface area contributed by atoms with Crippen LogP contribution in [0.15, 0.2) is 24.3 Å². The van der Waals surface area contributed by atoms with Crippen molar-refractivity contribution < 1.29 is 19.1 Å². The Morgan fingerprint density at radius 2 is 2.00 bits per heavy atom. The van der Waals surface area contributed by atoms with Gasteiger partial charge < -0.3 is 20.7 Å². The molecular weight excluding hydrogens is 310 g/mol. The number of nitrogens with two attached hydrogens (primary N) is 1. The first-order valence-electron chi connectivity index (χ1n) is 8.15. The standard InChI is InChI=1S/C17H21N3O4/c18-16(22)12-2-1-7-20(10-12)13-5-3-11(4-6-13)17(23)24-14-8-15(21)19-9-14/h3-6,12,14H,1-2,7-10H2,(H2,18,22)(H,19,21)/t12-,14+/m0/s1. The molecule has 7 heteroatoms. The van der Waals surface area contributed by atoms with Crippen molar-refractivity contribution in [3.8, 4) is 0 Å². The van der Waals surface area contributed by atoms with Crippen LogP contribution < -0.4 is 16.0 Å². The van der Waals surface area contributed by atoms with E-state index in [9.17, 15) is 14.4 Å². The fourth-order valence-electron chi connectivity index (χ4n) is 3.13. The molecule has 2 fully saturated rings. The molecule has 2 amide bonds. The minimum absolute atomic E-state index is 0.0998. The smallest absolute Gasteiger partial charge is 0.338 e. The lowest BCUT2D eigenvalue weighted by Crippen LogP contribution is -2.41. The predicted molar refractivity (Wildman–Crippen MR) is 87.4 cm³/mol. The van der Waals surface area contributed by atoms with Gasteiger partial charge in [-0.05, 0) is 37.1 Å². The maximum Gasteiger partial charge on any atom is 0.338 e. The third kappa shape index (κ3) is 3.67. The average Bonchev–Trinajstić information content (AvgIpc) is 3.00. The van der Waals surface area contributed by atoms with Crippen LogP contribution in [0.1, 0.15) is 29.6 Å². The van der Waals surface area contributed by atoms with Crippen LogP contribution in [0.2, 0.25) is 0 Å². The average molecular weight is 331 g/mol. The quantitative estimate of drug-likeness (QED) is 0.779. The zero-order chi connectivity index (χ0) is 17.1. The van der Waals surface area contributed by atoms with Gasteiger partial charge in [0.05, 0.1) is 24.4 Å². The number of carbonyl (C=O) groups excluding carboxylic acids is 3. The van der Waals surface area contributed by atoms with E-state index in [1.165, 1.54) is 0 Å². The van der Waals surface area contributed by atoms with Crippen LogP contribution in [0.3, 0.4) is 0 Å². The van der Waals surface area contributed by atoms with Crippen molar-refractivity contribution in [2.24, 2.45) is 11.7 Å². The van der Waals surface area contributed by atoms with E-state index in [1.54, 1.807) is 12.1 Å². The van der Waals surface area contributed by atoms with Crippen molar-refractivity contribution in [2.75, 3.05) is 24.5 Å². The van der Waals surface area contributed by atoms with Crippen molar-refractivity contribution in [2.45, 2.75) is 25.4 Å². The second-order valence-electron chi connectivity index (χ2n) is 6.27. The predicted octanol–water partition coefficient (Wildman–Crippen LogP) is 0.434. The van der Waals surface area contributed by atoms with Crippen LogP contribution in [-0.2, 0) is 14.3 Å². The monoisotopic (exact) mass is 331 g/mol. The Morgan fingerprint density at radius 3 is 2.62 bits per heavy atom. The normalized spacial score (nSPS) is 23.7. The molecule has 0 saturated carbocycles. The molecule has 1 aromatic rings. The van der Waals surface area contributed by atoms with Gasteiger partial charge in [-0.1, -0.05) is 0 Å². The summed E-state index contributed by atoms with van der Waals surface area (Å²) in [6.07, 6.45) is 1.56. The van der Waals surface area contributed by atoms with E-state index in [1.807, 2.05) is 12.1 Å². The summed E-state index contributed by atoms with van der Waals surface area (Å²) in [5.41, 5.74) is 6.80. The molecule has 2 atom stereocenters. The molecule has 0 radical (unpaired) electrons. The third-order valence-corrected chi connectivity index (χ3v) is 4.51. The molecule has 7 nitrogen and oxygen atoms in total. The molecule has 3 rings (SSSR count). The van der Waals surface area contributed by atoms with Gasteiger partial charge in [0.25, 0.3) is 0 Å². The van der Waals surface area contributed by atoms with Crippen LogP contribution in [0, 0.1) is 5.92 Å². The van der Waals surface area contributed by atoms with Gasteiger partial charge in [-0.15, -0.1) is 0 Å². The molecule has 2 aliphatic heterocycles. The van der Waals surface area contributed by atoms with Crippen LogP contribution in [-0.4, -0.2) is 43.5 Å². The second kappa shape index (κ2) is 6.90. The third-order valence-electron chi connectivity index (χ3n) is 4.51. The van der Waals surface area contributed by atoms with Gasteiger partial charge in [0.2, 0.25) is 11.8 Å². The number of piperidine rings is 1. The summed E-state index contributed by atoms with van der Waals surface area (Å²) in [4.78, 5) is 36.7. The number of nitrogens with one attached hydrogen (secondary N) is 1. The van der Waals surface area contributed by atoms with Crippen LogP contribution in [0.25, 0.3) is 0 Å². The zero-order valence-electron chi connectivity index (χ0n) is 13.4. The van der Waals surface area contributed by atoms with Gasteiger partial charge in [0.15, 0.2) is 0 Å². The number of primary amides is 1. The molecule has 2 aliphatic rings. The largest absolute Gasteiger partial charge is 0.456 e. The highest BCUT2D eigenvalue weighted by molar-refractivity contribution is 5.90. The number of amides is 2. The molecule has 0 aromatic heterocycles. The Labute approximate surface area is 140 Å². The summed E-state index contributed by atoms with van der Waals surface area (Å²) in [5.74, 6) is -0.927. The lowest BCUT2D eigenvalue weighted by atomic mass is 9.97. The highest BCUT2D eigenvalue weighted by atomic mass is 16.5. The van der Waals surface area contributed by atoms with Crippen molar-refractivity contribution in [3.63, 3.8) is 0 Å². The Morgan fingerprint density at radius 1 is 1.25 bits per heavy atom. The number of esters is 1. The first kappa shape index (κ1) is 16.3. The van der Waals surface area contributed by atoms with E-state index in [-0.39, 0.29) is 24.2 Å². The van der Waals surface area contributed by atoms with E-state index in [2.05, 4.69) is 10.2 Å². The summed E-state index contributed by atoms with van der Waals surface area (Å²) in [5, 5.41) is 2.63. The number of rotatable bonds is 4. The van der Waals surface area contributed by atoms with Gasteiger partial charge >= 0.3 is 5.97 Å². The number of ether oxygens (including phenoxy) is 1. The van der Waals surface area contributed by atoms with Gasteiger partial charge in [0, 0.05) is 18.8 Å². The fraction of sp³-hybridized carbons (Fsp3) is 0.471. The van der Waals surface area contributed by atoms with E-state index in [0.29, 0.717) is 18.7 Å². The number of hydrogen-bond acceptors (Lipinski definition) is 5. The van der Waals surface area contributed by atoms with Crippen molar-refractivity contribution in [1.82, 2.24) is 5.32 Å². The Bertz CT molecular complexity index is 644. The Balaban J connectivity index is 1.61. The summed E-state index contributed by atoms with van der Waals surface area (Å²) >= 11 is 0. The minimum atomic E-state index is -0.434. The first-order valence-corrected chi connectivity index (χ1v) is 8.15. The molecule has 0 aliphatic carbocycles. The maximum atomic E-state index is 12.1. The zero-order valence-corrected chi connectivity index (χ0v) is 13.4. The van der Waals surface area contributed by atoms with Crippen molar-refractivity contribution in [3.05, 3.63) is 29.8 Å². The highest BCUT2D eigenvalue weighted by Crippen LogP contribution is 2.23.